The number of nitrogens with two attached hydrogens (primary N) is 1. The van der Waals surface area contributed by atoms with Crippen LogP contribution in [0.15, 0.2) is 41.1 Å². The summed E-state index contributed by atoms with van der Waals surface area (Å²) in [5.74, 6) is 6.38. The quantitative estimate of drug-likeness (QED) is 0.653. The summed E-state index contributed by atoms with van der Waals surface area (Å²) in [4.78, 5) is 0. The molecule has 0 amide bonds. The van der Waals surface area contributed by atoms with Crippen molar-refractivity contribution in [2.24, 2.45) is 11.8 Å². The number of nitrogens with one attached hydrogen (secondary N) is 1. The molecule has 18 heavy (non-hydrogen) atoms. The molecule has 3 heteroatoms. The molecule has 2 nitrogen and oxygen atoms in total. The summed E-state index contributed by atoms with van der Waals surface area (Å²) >= 11 is 1.75. The number of rotatable bonds is 4. The van der Waals surface area contributed by atoms with E-state index in [1.54, 1.807) is 11.3 Å². The van der Waals surface area contributed by atoms with Gasteiger partial charge in [0.05, 0.1) is 0 Å². The summed E-state index contributed by atoms with van der Waals surface area (Å²) in [6.45, 7) is 0. The first-order valence-corrected chi connectivity index (χ1v) is 7.35. The highest BCUT2D eigenvalue weighted by molar-refractivity contribution is 7.07. The third kappa shape index (κ3) is 2.34. The average molecular weight is 258 g/mol. The van der Waals surface area contributed by atoms with Crippen molar-refractivity contribution < 1.29 is 0 Å². The van der Waals surface area contributed by atoms with Crippen molar-refractivity contribution in [3.8, 4) is 0 Å². The number of hydrazine groups is 1. The third-order valence-corrected chi connectivity index (χ3v) is 4.63. The lowest BCUT2D eigenvalue weighted by molar-refractivity contribution is 0.367. The Balaban J connectivity index is 1.71. The fourth-order valence-corrected chi connectivity index (χ4v) is 3.58. The van der Waals surface area contributed by atoms with E-state index < -0.39 is 0 Å². The Morgan fingerprint density at radius 3 is 2.50 bits per heavy atom. The normalized spacial score (nSPS) is 16.7. The van der Waals surface area contributed by atoms with Gasteiger partial charge in [-0.05, 0) is 58.7 Å². The van der Waals surface area contributed by atoms with Crippen LogP contribution in [-0.4, -0.2) is 6.04 Å². The lowest BCUT2D eigenvalue weighted by Gasteiger charge is -2.22. The molecule has 0 aliphatic heterocycles. The SMILES string of the molecule is NNC(Cc1ccsc1)C1Cc2ccccc2C1. The minimum absolute atomic E-state index is 0.368. The monoisotopic (exact) mass is 258 g/mol. The first-order valence-electron chi connectivity index (χ1n) is 6.41. The van der Waals surface area contributed by atoms with Gasteiger partial charge in [-0.25, -0.2) is 0 Å². The zero-order chi connectivity index (χ0) is 12.4. The summed E-state index contributed by atoms with van der Waals surface area (Å²) in [6, 6.07) is 11.3. The Labute approximate surface area is 112 Å². The van der Waals surface area contributed by atoms with Crippen LogP contribution in [0.1, 0.15) is 16.7 Å². The third-order valence-electron chi connectivity index (χ3n) is 3.90. The molecule has 0 saturated carbocycles. The van der Waals surface area contributed by atoms with E-state index >= 15 is 0 Å². The molecular weight excluding hydrogens is 240 g/mol. The van der Waals surface area contributed by atoms with E-state index in [1.165, 1.54) is 16.7 Å². The molecule has 1 aliphatic rings. The number of thiophene rings is 1. The Kier molecular flexibility index (Phi) is 3.46. The van der Waals surface area contributed by atoms with Gasteiger partial charge in [0.2, 0.25) is 0 Å². The van der Waals surface area contributed by atoms with Gasteiger partial charge in [0, 0.05) is 6.04 Å². The number of fused-ring (bicyclic) bond motifs is 1. The summed E-state index contributed by atoms with van der Waals surface area (Å²) < 4.78 is 0. The average Bonchev–Trinajstić information content (AvgIpc) is 3.04. The van der Waals surface area contributed by atoms with Crippen molar-refractivity contribution >= 4 is 11.3 Å². The molecule has 1 aliphatic carbocycles. The summed E-state index contributed by atoms with van der Waals surface area (Å²) in [5, 5.41) is 4.35. The number of hydrogen-bond acceptors (Lipinski definition) is 3. The van der Waals surface area contributed by atoms with E-state index in [1.807, 2.05) is 0 Å². The van der Waals surface area contributed by atoms with E-state index in [9.17, 15) is 0 Å². The molecule has 3 N–H and O–H groups in total. The van der Waals surface area contributed by atoms with Crippen LogP contribution < -0.4 is 11.3 Å². The van der Waals surface area contributed by atoms with Gasteiger partial charge in [0.1, 0.15) is 0 Å². The molecule has 3 rings (SSSR count). The standard InChI is InChI=1S/C15H18N2S/c16-17-15(7-11-5-6-18-10-11)14-8-12-3-1-2-4-13(12)9-14/h1-6,10,14-15,17H,7-9,16H2. The second-order valence-corrected chi connectivity index (χ2v) is 5.83. The van der Waals surface area contributed by atoms with Crippen LogP contribution in [0.2, 0.25) is 0 Å². The van der Waals surface area contributed by atoms with Crippen molar-refractivity contribution in [3.05, 3.63) is 57.8 Å². The van der Waals surface area contributed by atoms with Crippen molar-refractivity contribution in [2.75, 3.05) is 0 Å². The molecular formula is C15H18N2S. The van der Waals surface area contributed by atoms with Crippen LogP contribution >= 0.6 is 11.3 Å². The summed E-state index contributed by atoms with van der Waals surface area (Å²) in [6.07, 6.45) is 3.32. The Morgan fingerprint density at radius 2 is 1.94 bits per heavy atom. The fourth-order valence-electron chi connectivity index (χ4n) is 2.90. The van der Waals surface area contributed by atoms with Gasteiger partial charge >= 0.3 is 0 Å². The highest BCUT2D eigenvalue weighted by Gasteiger charge is 2.27. The van der Waals surface area contributed by atoms with Crippen molar-refractivity contribution in [1.82, 2.24) is 5.43 Å². The van der Waals surface area contributed by atoms with Crippen LogP contribution in [0.4, 0.5) is 0 Å². The predicted molar refractivity (Wildman–Crippen MR) is 76.5 cm³/mol. The van der Waals surface area contributed by atoms with Crippen LogP contribution in [0.5, 0.6) is 0 Å². The molecule has 0 fully saturated rings. The minimum atomic E-state index is 0.368. The Morgan fingerprint density at radius 1 is 1.22 bits per heavy atom. The van der Waals surface area contributed by atoms with E-state index in [0.717, 1.165) is 19.3 Å². The summed E-state index contributed by atoms with van der Waals surface area (Å²) in [7, 11) is 0. The zero-order valence-corrected chi connectivity index (χ0v) is 11.1. The van der Waals surface area contributed by atoms with Gasteiger partial charge in [-0.1, -0.05) is 24.3 Å². The molecule has 0 saturated heterocycles. The van der Waals surface area contributed by atoms with Crippen LogP contribution in [0, 0.1) is 5.92 Å². The van der Waals surface area contributed by atoms with Gasteiger partial charge in [-0.3, -0.25) is 11.3 Å². The van der Waals surface area contributed by atoms with Gasteiger partial charge in [0.15, 0.2) is 0 Å². The largest absolute Gasteiger partial charge is 0.271 e. The first kappa shape index (κ1) is 11.9. The van der Waals surface area contributed by atoms with Crippen molar-refractivity contribution in [1.29, 1.82) is 0 Å². The highest BCUT2D eigenvalue weighted by atomic mass is 32.1. The van der Waals surface area contributed by atoms with E-state index in [0.29, 0.717) is 12.0 Å². The maximum absolute atomic E-state index is 5.76. The molecule has 0 radical (unpaired) electrons. The fraction of sp³-hybridized carbons (Fsp3) is 0.333. The molecule has 1 atom stereocenters. The molecule has 1 aromatic heterocycles. The first-order chi connectivity index (χ1) is 8.86. The maximum Gasteiger partial charge on any atom is 0.0285 e. The molecule has 1 aromatic carbocycles. The number of benzene rings is 1. The van der Waals surface area contributed by atoms with Gasteiger partial charge in [-0.15, -0.1) is 0 Å². The van der Waals surface area contributed by atoms with E-state index in [-0.39, 0.29) is 0 Å². The summed E-state index contributed by atoms with van der Waals surface area (Å²) in [5.41, 5.74) is 7.40. The molecule has 0 bridgehead atoms. The maximum atomic E-state index is 5.76. The molecule has 2 aromatic rings. The van der Waals surface area contributed by atoms with Crippen LogP contribution in [-0.2, 0) is 19.3 Å². The van der Waals surface area contributed by atoms with Crippen molar-refractivity contribution in [3.63, 3.8) is 0 Å². The Bertz CT molecular complexity index is 479. The predicted octanol–water partition coefficient (Wildman–Crippen LogP) is 2.54. The Hall–Kier alpha value is -1.16. The number of hydrogen-bond donors (Lipinski definition) is 2. The highest BCUT2D eigenvalue weighted by Crippen LogP contribution is 2.29. The minimum Gasteiger partial charge on any atom is -0.271 e. The second-order valence-electron chi connectivity index (χ2n) is 5.05. The van der Waals surface area contributed by atoms with Gasteiger partial charge in [-0.2, -0.15) is 11.3 Å². The van der Waals surface area contributed by atoms with E-state index in [4.69, 9.17) is 5.84 Å². The van der Waals surface area contributed by atoms with Crippen molar-refractivity contribution in [2.45, 2.75) is 25.3 Å². The smallest absolute Gasteiger partial charge is 0.0285 e. The second kappa shape index (κ2) is 5.22. The molecule has 94 valence electrons. The van der Waals surface area contributed by atoms with Gasteiger partial charge in [0.25, 0.3) is 0 Å². The lowest BCUT2D eigenvalue weighted by atomic mass is 9.92. The van der Waals surface area contributed by atoms with Crippen LogP contribution in [0.3, 0.4) is 0 Å². The van der Waals surface area contributed by atoms with Crippen LogP contribution in [0.25, 0.3) is 0 Å². The van der Waals surface area contributed by atoms with E-state index in [2.05, 4.69) is 46.5 Å². The topological polar surface area (TPSA) is 38.0 Å². The molecule has 1 heterocycles. The zero-order valence-electron chi connectivity index (χ0n) is 10.3. The lowest BCUT2D eigenvalue weighted by Crippen LogP contribution is -2.42. The molecule has 0 spiro atoms. The van der Waals surface area contributed by atoms with Gasteiger partial charge < -0.3 is 0 Å². The molecule has 1 unspecified atom stereocenters.